The fourth-order valence-corrected chi connectivity index (χ4v) is 6.97. The van der Waals surface area contributed by atoms with Crippen molar-refractivity contribution in [1.29, 1.82) is 21.3 Å². The Labute approximate surface area is 358 Å². The first kappa shape index (κ1) is 47.5. The summed E-state index contributed by atoms with van der Waals surface area (Å²) >= 11 is 0. The maximum atomic E-state index is 13.9. The second kappa shape index (κ2) is 24.8. The van der Waals surface area contributed by atoms with Crippen LogP contribution in [0.15, 0.2) is 84.9 Å². The quantitative estimate of drug-likeness (QED) is 0.0439. The molecule has 0 amide bonds. The minimum Gasteiger partial charge on any atom is -0.494 e. The topological polar surface area (TPSA) is 191 Å². The van der Waals surface area contributed by atoms with Crippen LogP contribution < -0.4 is 30.4 Å². The van der Waals surface area contributed by atoms with Gasteiger partial charge in [-0.2, -0.15) is 10.5 Å². The smallest absolute Gasteiger partial charge is 0.144 e. The molecule has 2 fully saturated rings. The van der Waals surface area contributed by atoms with E-state index < -0.39 is 11.6 Å². The summed E-state index contributed by atoms with van der Waals surface area (Å²) in [4.78, 5) is 4.86. The van der Waals surface area contributed by atoms with Crippen molar-refractivity contribution < 1.29 is 27.7 Å². The number of hydrogen-bond acceptors (Lipinski definition) is 10. The molecule has 0 spiro atoms. The fourth-order valence-electron chi connectivity index (χ4n) is 6.97. The average molecular weight is 837 g/mol. The maximum absolute atomic E-state index is 13.9. The number of nitrogens with two attached hydrogens (primary N) is 2. The molecule has 2 aliphatic rings. The molecule has 2 aliphatic heterocycles. The summed E-state index contributed by atoms with van der Waals surface area (Å²) in [5, 5.41) is 32.3. The van der Waals surface area contributed by atoms with Gasteiger partial charge in [-0.3, -0.25) is 10.8 Å². The third-order valence-corrected chi connectivity index (χ3v) is 10.6. The van der Waals surface area contributed by atoms with Crippen LogP contribution in [0.25, 0.3) is 0 Å². The fraction of sp³-hybridized carbons (Fsp3) is 0.404. The second-order valence-corrected chi connectivity index (χ2v) is 15.0. The van der Waals surface area contributed by atoms with Gasteiger partial charge in [0.2, 0.25) is 0 Å². The number of ether oxygens (including phenoxy) is 4. The van der Waals surface area contributed by atoms with Gasteiger partial charge in [0, 0.05) is 30.8 Å². The molecule has 0 unspecified atom stereocenters. The summed E-state index contributed by atoms with van der Waals surface area (Å²) in [6.45, 7) is 8.47. The third-order valence-electron chi connectivity index (χ3n) is 10.6. The molecule has 0 aromatic heterocycles. The second-order valence-electron chi connectivity index (χ2n) is 15.0. The zero-order chi connectivity index (χ0) is 42.7. The first-order valence-corrected chi connectivity index (χ1v) is 20.3. The van der Waals surface area contributed by atoms with Crippen molar-refractivity contribution in [3.8, 4) is 35.1 Å². The van der Waals surface area contributed by atoms with Crippen molar-refractivity contribution in [2.45, 2.75) is 46.0 Å². The molecule has 6 rings (SSSR count). The van der Waals surface area contributed by atoms with E-state index in [1.54, 1.807) is 36.4 Å². The number of likely N-dealkylation sites (tertiary alicyclic amines) is 2. The Bertz CT molecular complexity index is 2070. The monoisotopic (exact) mass is 836 g/mol. The van der Waals surface area contributed by atoms with Crippen LogP contribution in [0.2, 0.25) is 0 Å². The molecule has 324 valence electrons. The molecule has 4 aromatic rings. The Kier molecular flexibility index (Phi) is 19.3. The van der Waals surface area contributed by atoms with E-state index in [1.165, 1.54) is 24.3 Å². The molecule has 2 saturated heterocycles. The summed E-state index contributed by atoms with van der Waals surface area (Å²) in [6.07, 6.45) is 6.08. The Hall–Kier alpha value is -6.22. The first-order valence-electron chi connectivity index (χ1n) is 20.3. The molecular weight excluding hydrogens is 779 g/mol. The molecule has 12 nitrogen and oxygen atoms in total. The molecule has 0 atom stereocenters. The molecule has 4 aromatic carbocycles. The van der Waals surface area contributed by atoms with Gasteiger partial charge in [-0.05, 0) is 149 Å². The van der Waals surface area contributed by atoms with Crippen LogP contribution in [0.4, 0.5) is 8.78 Å². The summed E-state index contributed by atoms with van der Waals surface area (Å²) < 4.78 is 50.5. The molecule has 0 aliphatic carbocycles. The molecule has 2 heterocycles. The molecule has 14 heteroatoms. The predicted octanol–water partition coefficient (Wildman–Crippen LogP) is 7.72. The van der Waals surface area contributed by atoms with E-state index >= 15 is 0 Å². The highest BCUT2D eigenvalue weighted by molar-refractivity contribution is 5.95. The average Bonchev–Trinajstić information content (AvgIpc) is 3.26. The number of benzene rings is 4. The first-order chi connectivity index (χ1) is 29.1. The molecule has 0 radical (unpaired) electrons. The van der Waals surface area contributed by atoms with Gasteiger partial charge in [0.05, 0.1) is 49.2 Å². The van der Waals surface area contributed by atoms with Crippen molar-refractivity contribution in [3.05, 3.63) is 119 Å². The molecule has 6 N–H and O–H groups in total. The van der Waals surface area contributed by atoms with Crippen LogP contribution in [-0.2, 0) is 0 Å². The minimum atomic E-state index is -0.539. The number of nitrogen functional groups attached to an aromatic ring is 2. The normalized spacial score (nSPS) is 14.6. The lowest BCUT2D eigenvalue weighted by Gasteiger charge is -2.31. The van der Waals surface area contributed by atoms with E-state index in [1.807, 2.05) is 30.3 Å². The Morgan fingerprint density at radius 2 is 1.07 bits per heavy atom. The standard InChI is InChI=1S/C23H30FN5O2.C23H24FN3O2.CH4/c24-21-14-19(6-7-20(21)23(27)28)31-15-16-8-11-29(12-9-16)10-1-13-30-18-4-2-17(3-5-18)22(25)26;24-23-14-22(7-4-20(23)16-26)29-17-19-8-11-27(12-9-19)10-1-13-28-21-5-2-18(15-25)3-6-21;/h2-7,14,16H,1,8-13,15H2,(H3,25,26)(H3,27,28);2-7,14,19H,1,8-13,17H2;1H4. The molecule has 0 saturated carbocycles. The van der Waals surface area contributed by atoms with Gasteiger partial charge in [-0.1, -0.05) is 7.43 Å². The van der Waals surface area contributed by atoms with Gasteiger partial charge in [0.1, 0.15) is 52.4 Å². The lowest BCUT2D eigenvalue weighted by Crippen LogP contribution is -2.36. The Morgan fingerprint density at radius 3 is 1.49 bits per heavy atom. The minimum absolute atomic E-state index is 0. The summed E-state index contributed by atoms with van der Waals surface area (Å²) in [5.74, 6) is 2.13. The number of halogens is 2. The van der Waals surface area contributed by atoms with Crippen LogP contribution in [0.5, 0.6) is 23.0 Å². The van der Waals surface area contributed by atoms with Gasteiger partial charge in [0.25, 0.3) is 0 Å². The van der Waals surface area contributed by atoms with Crippen LogP contribution in [-0.4, -0.2) is 87.2 Å². The van der Waals surface area contributed by atoms with Gasteiger partial charge in [0.15, 0.2) is 0 Å². The van der Waals surface area contributed by atoms with Crippen LogP contribution >= 0.6 is 0 Å². The zero-order valence-electron chi connectivity index (χ0n) is 33.9. The number of amidine groups is 2. The number of rotatable bonds is 18. The summed E-state index contributed by atoms with van der Waals surface area (Å²) in [7, 11) is 0. The van der Waals surface area contributed by atoms with Crippen molar-refractivity contribution in [3.63, 3.8) is 0 Å². The number of piperidine rings is 2. The van der Waals surface area contributed by atoms with E-state index in [0.717, 1.165) is 89.3 Å². The van der Waals surface area contributed by atoms with Gasteiger partial charge in [-0.15, -0.1) is 0 Å². The van der Waals surface area contributed by atoms with Gasteiger partial charge < -0.3 is 40.2 Å². The Morgan fingerprint density at radius 1 is 0.607 bits per heavy atom. The predicted molar refractivity (Wildman–Crippen MR) is 233 cm³/mol. The molecule has 0 bridgehead atoms. The van der Waals surface area contributed by atoms with Gasteiger partial charge in [-0.25, -0.2) is 8.78 Å². The summed E-state index contributed by atoms with van der Waals surface area (Å²) in [6, 6.07) is 27.1. The van der Waals surface area contributed by atoms with E-state index in [-0.39, 0.29) is 30.2 Å². The Balaban J connectivity index is 0.000000265. The highest BCUT2D eigenvalue weighted by Crippen LogP contribution is 2.23. The van der Waals surface area contributed by atoms with E-state index in [4.69, 9.17) is 51.8 Å². The van der Waals surface area contributed by atoms with E-state index in [2.05, 4.69) is 15.9 Å². The van der Waals surface area contributed by atoms with Crippen LogP contribution in [0.3, 0.4) is 0 Å². The zero-order valence-corrected chi connectivity index (χ0v) is 33.9. The van der Waals surface area contributed by atoms with Crippen molar-refractivity contribution in [1.82, 2.24) is 9.80 Å². The number of nitrogens with one attached hydrogen (secondary N) is 2. The number of nitrogens with zero attached hydrogens (tertiary/aromatic N) is 4. The summed E-state index contributed by atoms with van der Waals surface area (Å²) in [5.41, 5.74) is 12.2. The molecular formula is C47H58F2N8O4. The highest BCUT2D eigenvalue weighted by atomic mass is 19.1. The number of nitriles is 2. The number of hydrogen-bond donors (Lipinski definition) is 4. The van der Waals surface area contributed by atoms with Crippen molar-refractivity contribution in [2.24, 2.45) is 23.3 Å². The van der Waals surface area contributed by atoms with E-state index in [9.17, 15) is 8.78 Å². The van der Waals surface area contributed by atoms with E-state index in [0.29, 0.717) is 60.9 Å². The van der Waals surface area contributed by atoms with Crippen molar-refractivity contribution in [2.75, 3.05) is 65.7 Å². The largest absolute Gasteiger partial charge is 0.494 e. The third kappa shape index (κ3) is 15.7. The molecule has 61 heavy (non-hydrogen) atoms. The lowest BCUT2D eigenvalue weighted by molar-refractivity contribution is 0.135. The van der Waals surface area contributed by atoms with Crippen molar-refractivity contribution >= 4 is 11.7 Å². The maximum Gasteiger partial charge on any atom is 0.144 e. The van der Waals surface area contributed by atoms with Crippen LogP contribution in [0, 0.1) is 57.0 Å². The van der Waals surface area contributed by atoms with Gasteiger partial charge >= 0.3 is 0 Å². The van der Waals surface area contributed by atoms with Crippen LogP contribution in [0.1, 0.15) is 68.2 Å². The highest BCUT2D eigenvalue weighted by Gasteiger charge is 2.21. The SMILES string of the molecule is C.N#Cc1ccc(OCCCN2CCC(COc3ccc(C#N)c(F)c3)CC2)cc1.N=C(N)c1ccc(OCCCN2CCC(COc3ccc(C(=N)N)c(F)c3)CC2)cc1. The lowest BCUT2D eigenvalue weighted by atomic mass is 9.97.